The number of anilines is 1. The SMILES string of the molecule is CCc1ccc(S(=O)(=O)N(C)Cc2nc(NCCCNC)c3ccccc3n2)cc1. The Bertz CT molecular complexity index is 1080. The molecule has 2 aromatic carbocycles. The van der Waals surface area contributed by atoms with Gasteiger partial charge in [0.2, 0.25) is 10.0 Å². The summed E-state index contributed by atoms with van der Waals surface area (Å²) in [7, 11) is -0.150. The van der Waals surface area contributed by atoms with Gasteiger partial charge in [0.25, 0.3) is 0 Å². The van der Waals surface area contributed by atoms with E-state index in [1.807, 2.05) is 50.4 Å². The number of aromatic nitrogens is 2. The Hall–Kier alpha value is -2.55. The number of para-hydroxylation sites is 1. The Balaban J connectivity index is 1.84. The first-order valence-corrected chi connectivity index (χ1v) is 11.6. The largest absolute Gasteiger partial charge is 0.369 e. The van der Waals surface area contributed by atoms with Crippen molar-refractivity contribution in [3.63, 3.8) is 0 Å². The maximum Gasteiger partial charge on any atom is 0.243 e. The average molecular weight is 428 g/mol. The van der Waals surface area contributed by atoms with E-state index in [9.17, 15) is 8.42 Å². The second kappa shape index (κ2) is 9.97. The van der Waals surface area contributed by atoms with Crippen molar-refractivity contribution in [1.29, 1.82) is 0 Å². The molecule has 0 aliphatic heterocycles. The number of nitrogens with one attached hydrogen (secondary N) is 2. The van der Waals surface area contributed by atoms with Gasteiger partial charge in [0.1, 0.15) is 11.6 Å². The number of aryl methyl sites for hydroxylation is 1. The fraction of sp³-hybridized carbons (Fsp3) is 0.364. The predicted octanol–water partition coefficient (Wildman–Crippen LogP) is 3.03. The van der Waals surface area contributed by atoms with Crippen molar-refractivity contribution in [2.24, 2.45) is 0 Å². The number of fused-ring (bicyclic) bond motifs is 1. The van der Waals surface area contributed by atoms with Crippen LogP contribution < -0.4 is 10.6 Å². The van der Waals surface area contributed by atoms with Gasteiger partial charge in [-0.05, 0) is 56.3 Å². The van der Waals surface area contributed by atoms with Crippen molar-refractivity contribution >= 4 is 26.7 Å². The Morgan fingerprint density at radius 2 is 1.73 bits per heavy atom. The standard InChI is InChI=1S/C22H29N5O2S/c1-4-17-10-12-18(13-11-17)30(28,29)27(3)16-21-25-20-9-6-5-8-19(20)22(26-21)24-15-7-14-23-2/h5-6,8-13,23H,4,7,14-16H2,1-3H3,(H,24,25,26). The zero-order valence-electron chi connectivity index (χ0n) is 17.7. The summed E-state index contributed by atoms with van der Waals surface area (Å²) >= 11 is 0. The molecule has 7 nitrogen and oxygen atoms in total. The summed E-state index contributed by atoms with van der Waals surface area (Å²) in [6.45, 7) is 3.80. The van der Waals surface area contributed by atoms with E-state index in [4.69, 9.17) is 0 Å². The van der Waals surface area contributed by atoms with E-state index in [0.717, 1.165) is 48.2 Å². The quantitative estimate of drug-likeness (QED) is 0.484. The number of sulfonamides is 1. The minimum Gasteiger partial charge on any atom is -0.369 e. The molecule has 0 aliphatic carbocycles. The van der Waals surface area contributed by atoms with E-state index >= 15 is 0 Å². The van der Waals surface area contributed by atoms with Crippen molar-refractivity contribution < 1.29 is 8.42 Å². The van der Waals surface area contributed by atoms with E-state index in [2.05, 4.69) is 20.6 Å². The van der Waals surface area contributed by atoms with Crippen LogP contribution in [0.3, 0.4) is 0 Å². The predicted molar refractivity (Wildman–Crippen MR) is 121 cm³/mol. The first-order valence-electron chi connectivity index (χ1n) is 10.1. The lowest BCUT2D eigenvalue weighted by Gasteiger charge is -2.18. The van der Waals surface area contributed by atoms with Crippen LogP contribution in [-0.2, 0) is 23.0 Å². The second-order valence-corrected chi connectivity index (χ2v) is 9.19. The molecular formula is C22H29N5O2S. The summed E-state index contributed by atoms with van der Waals surface area (Å²) in [5.41, 5.74) is 1.89. The molecule has 0 saturated carbocycles. The minimum absolute atomic E-state index is 0.0912. The summed E-state index contributed by atoms with van der Waals surface area (Å²) in [6.07, 6.45) is 1.82. The molecule has 0 spiro atoms. The molecule has 3 aromatic rings. The van der Waals surface area contributed by atoms with Crippen LogP contribution in [0, 0.1) is 0 Å². The van der Waals surface area contributed by atoms with Gasteiger partial charge in [-0.2, -0.15) is 4.31 Å². The Kier molecular flexibility index (Phi) is 7.36. The van der Waals surface area contributed by atoms with Crippen LogP contribution >= 0.6 is 0 Å². The lowest BCUT2D eigenvalue weighted by Crippen LogP contribution is -2.27. The van der Waals surface area contributed by atoms with Crippen LogP contribution in [0.15, 0.2) is 53.4 Å². The molecule has 1 aromatic heterocycles. The lowest BCUT2D eigenvalue weighted by atomic mass is 10.2. The molecule has 30 heavy (non-hydrogen) atoms. The van der Waals surface area contributed by atoms with Gasteiger partial charge in [0, 0.05) is 19.0 Å². The van der Waals surface area contributed by atoms with E-state index in [1.165, 1.54) is 4.31 Å². The molecule has 0 fully saturated rings. The van der Waals surface area contributed by atoms with Crippen LogP contribution in [-0.4, -0.2) is 49.9 Å². The number of benzene rings is 2. The normalized spacial score (nSPS) is 11.9. The monoisotopic (exact) mass is 427 g/mol. The number of nitrogens with zero attached hydrogens (tertiary/aromatic N) is 3. The van der Waals surface area contributed by atoms with Gasteiger partial charge in [-0.25, -0.2) is 18.4 Å². The molecule has 0 unspecified atom stereocenters. The van der Waals surface area contributed by atoms with E-state index in [1.54, 1.807) is 19.2 Å². The zero-order chi connectivity index (χ0) is 21.6. The van der Waals surface area contributed by atoms with E-state index in [0.29, 0.717) is 5.82 Å². The van der Waals surface area contributed by atoms with Crippen LogP contribution in [0.2, 0.25) is 0 Å². The van der Waals surface area contributed by atoms with Crippen molar-refractivity contribution in [2.75, 3.05) is 32.5 Å². The Morgan fingerprint density at radius 1 is 1.00 bits per heavy atom. The number of rotatable bonds is 10. The van der Waals surface area contributed by atoms with Crippen molar-refractivity contribution in [3.8, 4) is 0 Å². The Morgan fingerprint density at radius 3 is 2.43 bits per heavy atom. The topological polar surface area (TPSA) is 87.2 Å². The molecule has 0 saturated heterocycles. The first kappa shape index (κ1) is 22.1. The van der Waals surface area contributed by atoms with Gasteiger partial charge >= 0.3 is 0 Å². The molecule has 0 bridgehead atoms. The molecule has 2 N–H and O–H groups in total. The van der Waals surface area contributed by atoms with Gasteiger partial charge < -0.3 is 10.6 Å². The summed E-state index contributed by atoms with van der Waals surface area (Å²) in [5.74, 6) is 1.19. The third kappa shape index (κ3) is 5.13. The maximum absolute atomic E-state index is 13.0. The fourth-order valence-electron chi connectivity index (χ4n) is 3.16. The molecule has 0 atom stereocenters. The van der Waals surface area contributed by atoms with Crippen molar-refractivity contribution in [2.45, 2.75) is 31.2 Å². The van der Waals surface area contributed by atoms with Gasteiger partial charge in [-0.3, -0.25) is 0 Å². The molecular weight excluding hydrogens is 398 g/mol. The smallest absolute Gasteiger partial charge is 0.243 e. The minimum atomic E-state index is -3.63. The van der Waals surface area contributed by atoms with Gasteiger partial charge in [0.15, 0.2) is 0 Å². The highest BCUT2D eigenvalue weighted by molar-refractivity contribution is 7.89. The summed E-state index contributed by atoms with van der Waals surface area (Å²) < 4.78 is 27.2. The Labute approximate surface area is 178 Å². The molecule has 0 radical (unpaired) electrons. The highest BCUT2D eigenvalue weighted by Crippen LogP contribution is 2.22. The van der Waals surface area contributed by atoms with Crippen LogP contribution in [0.5, 0.6) is 0 Å². The van der Waals surface area contributed by atoms with Gasteiger partial charge in [-0.1, -0.05) is 31.2 Å². The first-order chi connectivity index (χ1) is 14.5. The molecule has 8 heteroatoms. The molecule has 3 rings (SSSR count). The van der Waals surface area contributed by atoms with Crippen LogP contribution in [0.1, 0.15) is 24.7 Å². The number of hydrogen-bond acceptors (Lipinski definition) is 6. The van der Waals surface area contributed by atoms with Gasteiger partial charge in [-0.15, -0.1) is 0 Å². The van der Waals surface area contributed by atoms with Crippen LogP contribution in [0.4, 0.5) is 5.82 Å². The highest BCUT2D eigenvalue weighted by atomic mass is 32.2. The van der Waals surface area contributed by atoms with E-state index in [-0.39, 0.29) is 11.4 Å². The molecule has 160 valence electrons. The number of hydrogen-bond donors (Lipinski definition) is 2. The second-order valence-electron chi connectivity index (χ2n) is 7.15. The molecule has 1 heterocycles. The zero-order valence-corrected chi connectivity index (χ0v) is 18.5. The summed E-state index contributed by atoms with van der Waals surface area (Å²) in [5, 5.41) is 7.40. The van der Waals surface area contributed by atoms with Crippen LogP contribution in [0.25, 0.3) is 10.9 Å². The van der Waals surface area contributed by atoms with Crippen molar-refractivity contribution in [3.05, 3.63) is 59.9 Å². The average Bonchev–Trinajstić information content (AvgIpc) is 2.76. The third-order valence-corrected chi connectivity index (χ3v) is 6.77. The molecule has 0 amide bonds. The van der Waals surface area contributed by atoms with Gasteiger partial charge in [0.05, 0.1) is 17.0 Å². The lowest BCUT2D eigenvalue weighted by molar-refractivity contribution is 0.457. The third-order valence-electron chi connectivity index (χ3n) is 4.95. The summed E-state index contributed by atoms with van der Waals surface area (Å²) in [6, 6.07) is 14.7. The van der Waals surface area contributed by atoms with Crippen molar-refractivity contribution in [1.82, 2.24) is 19.6 Å². The molecule has 0 aliphatic rings. The highest BCUT2D eigenvalue weighted by Gasteiger charge is 2.22. The van der Waals surface area contributed by atoms with E-state index < -0.39 is 10.0 Å². The fourth-order valence-corrected chi connectivity index (χ4v) is 4.29. The summed E-state index contributed by atoms with van der Waals surface area (Å²) in [4.78, 5) is 9.48. The maximum atomic E-state index is 13.0.